The van der Waals surface area contributed by atoms with Crippen molar-refractivity contribution in [3.05, 3.63) is 94.9 Å². The maximum Gasteiger partial charge on any atom is 0.325 e. The number of aromatic nitrogens is 2. The fraction of sp³-hybridized carbons (Fsp3) is 0.200. The maximum absolute atomic E-state index is 12.2. The number of allylic oxidation sites excluding steroid dienone is 3. The summed E-state index contributed by atoms with van der Waals surface area (Å²) in [5.41, 5.74) is 8.89. The van der Waals surface area contributed by atoms with Gasteiger partial charge in [0.25, 0.3) is 0 Å². The molecule has 9 nitrogen and oxygen atoms in total. The van der Waals surface area contributed by atoms with E-state index in [-0.39, 0.29) is 11.9 Å². The molecule has 4 rings (SSSR count). The number of hydrogen-bond donors (Lipinski definition) is 5. The average Bonchev–Trinajstić information content (AvgIpc) is 3.31. The molecule has 1 aliphatic heterocycles. The van der Waals surface area contributed by atoms with Crippen molar-refractivity contribution >= 4 is 34.1 Å². The van der Waals surface area contributed by atoms with E-state index in [0.717, 1.165) is 42.0 Å². The van der Waals surface area contributed by atoms with Crippen molar-refractivity contribution in [2.24, 2.45) is 0 Å². The third-order valence-electron chi connectivity index (χ3n) is 5.10. The number of carbonyl (C=O) groups is 2. The van der Waals surface area contributed by atoms with Gasteiger partial charge in [-0.15, -0.1) is 10.2 Å². The van der Waals surface area contributed by atoms with E-state index in [4.69, 9.17) is 0 Å². The molecule has 180 valence electrons. The third-order valence-corrected chi connectivity index (χ3v) is 5.99. The molecule has 0 aliphatic carbocycles. The van der Waals surface area contributed by atoms with Gasteiger partial charge < -0.3 is 16.1 Å². The van der Waals surface area contributed by atoms with Gasteiger partial charge in [0.15, 0.2) is 0 Å². The molecule has 3 amide bonds. The molecule has 35 heavy (non-hydrogen) atoms. The van der Waals surface area contributed by atoms with Crippen LogP contribution in [0.15, 0.2) is 84.3 Å². The molecule has 0 radical (unpaired) electrons. The Balaban J connectivity index is 1.14. The van der Waals surface area contributed by atoms with Crippen LogP contribution in [-0.2, 0) is 17.6 Å². The second-order valence-corrected chi connectivity index (χ2v) is 8.95. The molecular weight excluding hydrogens is 462 g/mol. The van der Waals surface area contributed by atoms with Crippen molar-refractivity contribution in [1.29, 1.82) is 0 Å². The SMILES string of the molecule is O=C(Cc1ccccc1)NC1=CC=C(CCCCc2nnc(NC(=O)Nc3ccccc3)s2)NN1. The minimum atomic E-state index is -0.342. The van der Waals surface area contributed by atoms with Crippen LogP contribution in [0.4, 0.5) is 15.6 Å². The van der Waals surface area contributed by atoms with E-state index >= 15 is 0 Å². The summed E-state index contributed by atoms with van der Waals surface area (Å²) in [6.45, 7) is 0. The number of nitrogens with zero attached hydrogens (tertiary/aromatic N) is 2. The van der Waals surface area contributed by atoms with Crippen LogP contribution in [0.3, 0.4) is 0 Å². The molecule has 0 unspecified atom stereocenters. The van der Waals surface area contributed by atoms with Crippen LogP contribution in [0.25, 0.3) is 0 Å². The van der Waals surface area contributed by atoms with Crippen LogP contribution in [-0.4, -0.2) is 22.1 Å². The second-order valence-electron chi connectivity index (χ2n) is 7.89. The smallest absolute Gasteiger partial charge is 0.311 e. The Bertz CT molecular complexity index is 1190. The zero-order valence-electron chi connectivity index (χ0n) is 19.1. The molecule has 0 saturated heterocycles. The summed E-state index contributed by atoms with van der Waals surface area (Å²) in [4.78, 5) is 24.2. The number of urea groups is 1. The molecule has 1 aliphatic rings. The molecule has 5 N–H and O–H groups in total. The summed E-state index contributed by atoms with van der Waals surface area (Å²) in [6.07, 6.45) is 7.70. The van der Waals surface area contributed by atoms with E-state index in [2.05, 4.69) is 37.0 Å². The molecule has 3 aromatic rings. The van der Waals surface area contributed by atoms with E-state index in [9.17, 15) is 9.59 Å². The van der Waals surface area contributed by atoms with E-state index in [1.54, 1.807) is 0 Å². The molecule has 0 fully saturated rings. The van der Waals surface area contributed by atoms with Crippen LogP contribution in [0.5, 0.6) is 0 Å². The van der Waals surface area contributed by atoms with Gasteiger partial charge in [0.2, 0.25) is 11.0 Å². The van der Waals surface area contributed by atoms with Gasteiger partial charge in [-0.1, -0.05) is 59.9 Å². The van der Waals surface area contributed by atoms with Crippen LogP contribution >= 0.6 is 11.3 Å². The molecule has 10 heteroatoms. The number of hydrogen-bond acceptors (Lipinski definition) is 7. The van der Waals surface area contributed by atoms with Gasteiger partial charge in [0, 0.05) is 17.8 Å². The number of aryl methyl sites for hydroxylation is 1. The lowest BCUT2D eigenvalue weighted by molar-refractivity contribution is -0.119. The molecule has 0 spiro atoms. The molecule has 2 aromatic carbocycles. The number of hydrazine groups is 1. The number of para-hydroxylation sites is 1. The zero-order valence-corrected chi connectivity index (χ0v) is 19.9. The van der Waals surface area contributed by atoms with Crippen molar-refractivity contribution in [2.45, 2.75) is 32.1 Å². The normalized spacial score (nSPS) is 12.5. The zero-order chi connectivity index (χ0) is 24.3. The third kappa shape index (κ3) is 7.97. The quantitative estimate of drug-likeness (QED) is 0.274. The Hall–Kier alpha value is -4.18. The molecular formula is C25H27N7O2S. The number of nitrogens with one attached hydrogen (secondary N) is 5. The van der Waals surface area contributed by atoms with Crippen molar-refractivity contribution in [3.63, 3.8) is 0 Å². The standard InChI is InChI=1S/C25H27N7O2S/c33-22(17-18-9-3-1-4-10-18)27-21-16-15-20(29-30-21)13-7-8-14-23-31-32-25(35-23)28-24(34)26-19-11-5-2-6-12-19/h1-6,9-12,15-16,29-30H,7-8,13-14,17H2,(H,27,33)(H2,26,28,32,34). The minimum Gasteiger partial charge on any atom is -0.311 e. The first-order valence-corrected chi connectivity index (χ1v) is 12.2. The van der Waals surface area contributed by atoms with Gasteiger partial charge in [-0.25, -0.2) is 4.79 Å². The molecule has 1 aromatic heterocycles. The van der Waals surface area contributed by atoms with E-state index in [0.29, 0.717) is 23.1 Å². The maximum atomic E-state index is 12.2. The lowest BCUT2D eigenvalue weighted by Crippen LogP contribution is -2.41. The largest absolute Gasteiger partial charge is 0.325 e. The van der Waals surface area contributed by atoms with Gasteiger partial charge in [-0.2, -0.15) is 0 Å². The predicted octanol–water partition coefficient (Wildman–Crippen LogP) is 4.09. The van der Waals surface area contributed by atoms with Crippen molar-refractivity contribution < 1.29 is 9.59 Å². The number of unbranched alkanes of at least 4 members (excludes halogenated alkanes) is 1. The van der Waals surface area contributed by atoms with Gasteiger partial charge in [0.05, 0.1) is 6.42 Å². The van der Waals surface area contributed by atoms with Crippen molar-refractivity contribution in [2.75, 3.05) is 10.6 Å². The Morgan fingerprint density at radius 1 is 0.800 bits per heavy atom. The number of rotatable bonds is 10. The van der Waals surface area contributed by atoms with Gasteiger partial charge in [-0.3, -0.25) is 15.5 Å². The van der Waals surface area contributed by atoms with Gasteiger partial charge >= 0.3 is 6.03 Å². The predicted molar refractivity (Wildman–Crippen MR) is 137 cm³/mol. The van der Waals surface area contributed by atoms with E-state index in [1.807, 2.05) is 72.8 Å². The minimum absolute atomic E-state index is 0.0722. The van der Waals surface area contributed by atoms with Crippen LogP contribution in [0.2, 0.25) is 0 Å². The Kier molecular flexibility index (Phi) is 8.44. The Labute approximate surface area is 207 Å². The first-order chi connectivity index (χ1) is 17.1. The fourth-order valence-corrected chi connectivity index (χ4v) is 4.16. The highest BCUT2D eigenvalue weighted by Gasteiger charge is 2.10. The highest BCUT2D eigenvalue weighted by molar-refractivity contribution is 7.15. The number of carbonyl (C=O) groups excluding carboxylic acids is 2. The van der Waals surface area contributed by atoms with Gasteiger partial charge in [0.1, 0.15) is 10.8 Å². The number of anilines is 2. The molecule has 2 heterocycles. The molecule has 0 bridgehead atoms. The summed E-state index contributed by atoms with van der Waals surface area (Å²) in [5.74, 6) is 0.553. The van der Waals surface area contributed by atoms with E-state index in [1.165, 1.54) is 11.3 Å². The summed E-state index contributed by atoms with van der Waals surface area (Å²) in [7, 11) is 0. The lowest BCUT2D eigenvalue weighted by atomic mass is 10.1. The Morgan fingerprint density at radius 3 is 2.29 bits per heavy atom. The topological polar surface area (TPSA) is 120 Å². The summed E-state index contributed by atoms with van der Waals surface area (Å²) >= 11 is 1.38. The molecule has 0 saturated carbocycles. The first kappa shape index (κ1) is 24.0. The molecule has 0 atom stereocenters. The lowest BCUT2D eigenvalue weighted by Gasteiger charge is -2.20. The van der Waals surface area contributed by atoms with Crippen LogP contribution in [0.1, 0.15) is 29.8 Å². The van der Waals surface area contributed by atoms with Crippen LogP contribution in [0, 0.1) is 0 Å². The van der Waals surface area contributed by atoms with Crippen LogP contribution < -0.4 is 26.8 Å². The van der Waals surface area contributed by atoms with Crippen molar-refractivity contribution in [3.8, 4) is 0 Å². The average molecular weight is 490 g/mol. The fourth-order valence-electron chi connectivity index (χ4n) is 3.39. The highest BCUT2D eigenvalue weighted by Crippen LogP contribution is 2.19. The summed E-state index contributed by atoms with van der Waals surface area (Å²) in [6, 6.07) is 18.5. The summed E-state index contributed by atoms with van der Waals surface area (Å²) in [5, 5.41) is 17.9. The van der Waals surface area contributed by atoms with E-state index < -0.39 is 0 Å². The number of benzene rings is 2. The Morgan fingerprint density at radius 2 is 1.54 bits per heavy atom. The second kappa shape index (κ2) is 12.3. The van der Waals surface area contributed by atoms with Gasteiger partial charge in [-0.05, 0) is 49.1 Å². The monoisotopic (exact) mass is 489 g/mol. The summed E-state index contributed by atoms with van der Waals surface area (Å²) < 4.78 is 0. The highest BCUT2D eigenvalue weighted by atomic mass is 32.1. The first-order valence-electron chi connectivity index (χ1n) is 11.4. The van der Waals surface area contributed by atoms with Crippen molar-refractivity contribution in [1.82, 2.24) is 26.4 Å². The number of amides is 3.